The maximum absolute atomic E-state index is 12.1. The number of alkyl halides is 3. The fourth-order valence-corrected chi connectivity index (χ4v) is 2.23. The molecule has 1 aromatic carbocycles. The second-order valence-corrected chi connectivity index (χ2v) is 4.85. The Morgan fingerprint density at radius 3 is 2.57 bits per heavy atom. The first-order chi connectivity index (χ1) is 10.8. The molecule has 2 heterocycles. The summed E-state index contributed by atoms with van der Waals surface area (Å²) >= 11 is 0. The lowest BCUT2D eigenvalue weighted by molar-refractivity contribution is -0.274. The zero-order valence-corrected chi connectivity index (χ0v) is 11.9. The molecule has 0 unspecified atom stereocenters. The molecule has 1 amide bonds. The van der Waals surface area contributed by atoms with Crippen LogP contribution in [-0.4, -0.2) is 29.3 Å². The van der Waals surface area contributed by atoms with Gasteiger partial charge < -0.3 is 10.1 Å². The molecule has 0 aliphatic carbocycles. The highest BCUT2D eigenvalue weighted by Crippen LogP contribution is 2.32. The van der Waals surface area contributed by atoms with Crippen LogP contribution in [0, 0.1) is 0 Å². The van der Waals surface area contributed by atoms with Crippen molar-refractivity contribution in [3.8, 4) is 5.75 Å². The van der Waals surface area contributed by atoms with Gasteiger partial charge in [0, 0.05) is 18.3 Å². The summed E-state index contributed by atoms with van der Waals surface area (Å²) in [6.07, 6.45) is -3.24. The van der Waals surface area contributed by atoms with Crippen LogP contribution in [0.25, 0.3) is 0 Å². The molecule has 0 bridgehead atoms. The minimum atomic E-state index is -4.73. The molecular formula is C14H11F3N4O2. The normalized spacial score (nSPS) is 13.9. The summed E-state index contributed by atoms with van der Waals surface area (Å²) in [5.41, 5.74) is 1.16. The third kappa shape index (κ3) is 3.17. The summed E-state index contributed by atoms with van der Waals surface area (Å²) in [7, 11) is 1.62. The quantitative estimate of drug-likeness (QED) is 0.940. The van der Waals surface area contributed by atoms with Crippen LogP contribution >= 0.6 is 0 Å². The molecule has 120 valence electrons. The Morgan fingerprint density at radius 2 is 1.91 bits per heavy atom. The third-order valence-corrected chi connectivity index (χ3v) is 3.29. The van der Waals surface area contributed by atoms with E-state index in [9.17, 15) is 18.0 Å². The number of aromatic nitrogens is 2. The molecule has 23 heavy (non-hydrogen) atoms. The molecule has 0 atom stereocenters. The minimum absolute atomic E-state index is 0.0996. The van der Waals surface area contributed by atoms with Gasteiger partial charge in [0.15, 0.2) is 0 Å². The number of nitrogens with one attached hydrogen (secondary N) is 1. The first-order valence-corrected chi connectivity index (χ1v) is 6.57. The Kier molecular flexibility index (Phi) is 3.55. The van der Waals surface area contributed by atoms with E-state index >= 15 is 0 Å². The van der Waals surface area contributed by atoms with E-state index in [1.54, 1.807) is 7.05 Å². The predicted molar refractivity (Wildman–Crippen MR) is 75.6 cm³/mol. The molecule has 9 heteroatoms. The van der Waals surface area contributed by atoms with Crippen molar-refractivity contribution in [3.63, 3.8) is 0 Å². The van der Waals surface area contributed by atoms with E-state index in [0.29, 0.717) is 22.9 Å². The SMILES string of the molecule is CN1C(=O)Cc2c(Nc3ccc(OC(F)(F)F)cc3)ncnc21. The number of likely N-dealkylation sites (N-methyl/N-ethyl adjacent to an activating group) is 1. The standard InChI is InChI=1S/C14H11F3N4O2/c1-21-11(22)6-10-12(18-7-19-13(10)21)20-8-2-4-9(5-3-8)23-14(15,16)17/h2-5,7H,6H2,1H3,(H,18,19,20). The number of carbonyl (C=O) groups excluding carboxylic acids is 1. The lowest BCUT2D eigenvalue weighted by Gasteiger charge is -2.12. The summed E-state index contributed by atoms with van der Waals surface area (Å²) in [5.74, 6) is 0.546. The van der Waals surface area contributed by atoms with Crippen molar-refractivity contribution in [2.24, 2.45) is 0 Å². The molecule has 3 rings (SSSR count). The number of hydrogen-bond acceptors (Lipinski definition) is 5. The van der Waals surface area contributed by atoms with E-state index in [2.05, 4.69) is 20.0 Å². The average Bonchev–Trinajstić information content (AvgIpc) is 2.77. The van der Waals surface area contributed by atoms with Gasteiger partial charge in [-0.15, -0.1) is 13.2 Å². The highest BCUT2D eigenvalue weighted by Gasteiger charge is 2.31. The van der Waals surface area contributed by atoms with Crippen molar-refractivity contribution >= 4 is 23.2 Å². The Hall–Kier alpha value is -2.84. The Labute approximate surface area is 128 Å². The second kappa shape index (κ2) is 5.41. The maximum Gasteiger partial charge on any atom is 0.573 e. The van der Waals surface area contributed by atoms with Crippen LogP contribution in [0.1, 0.15) is 5.56 Å². The van der Waals surface area contributed by atoms with Crippen LogP contribution in [0.3, 0.4) is 0 Å². The average molecular weight is 324 g/mol. The monoisotopic (exact) mass is 324 g/mol. The molecule has 0 spiro atoms. The van der Waals surface area contributed by atoms with Gasteiger partial charge in [-0.2, -0.15) is 0 Å². The predicted octanol–water partition coefficient (Wildman–Crippen LogP) is 2.64. The van der Waals surface area contributed by atoms with Crippen molar-refractivity contribution in [1.82, 2.24) is 9.97 Å². The van der Waals surface area contributed by atoms with Gasteiger partial charge in [0.1, 0.15) is 23.7 Å². The number of nitrogens with zero attached hydrogens (tertiary/aromatic N) is 3. The molecule has 0 fully saturated rings. The molecule has 0 radical (unpaired) electrons. The summed E-state index contributed by atoms with van der Waals surface area (Å²) < 4.78 is 40.2. The second-order valence-electron chi connectivity index (χ2n) is 4.85. The van der Waals surface area contributed by atoms with Crippen molar-refractivity contribution in [3.05, 3.63) is 36.2 Å². The molecule has 1 N–H and O–H groups in total. The Bertz CT molecular complexity index is 747. The summed E-state index contributed by atoms with van der Waals surface area (Å²) in [6.45, 7) is 0. The molecule has 1 aliphatic heterocycles. The fraction of sp³-hybridized carbons (Fsp3) is 0.214. The molecule has 1 aliphatic rings. The fourth-order valence-electron chi connectivity index (χ4n) is 2.23. The first-order valence-electron chi connectivity index (χ1n) is 6.57. The minimum Gasteiger partial charge on any atom is -0.406 e. The summed E-state index contributed by atoms with van der Waals surface area (Å²) in [5, 5.41) is 2.97. The Morgan fingerprint density at radius 1 is 1.22 bits per heavy atom. The number of fused-ring (bicyclic) bond motifs is 1. The van der Waals surface area contributed by atoms with Crippen LogP contribution in [0.5, 0.6) is 5.75 Å². The topological polar surface area (TPSA) is 67.4 Å². The molecular weight excluding hydrogens is 313 g/mol. The van der Waals surface area contributed by atoms with Gasteiger partial charge in [0.05, 0.1) is 6.42 Å². The molecule has 0 saturated heterocycles. The number of amides is 1. The van der Waals surface area contributed by atoms with E-state index in [4.69, 9.17) is 0 Å². The number of benzene rings is 1. The van der Waals surface area contributed by atoms with Gasteiger partial charge in [-0.25, -0.2) is 9.97 Å². The largest absolute Gasteiger partial charge is 0.573 e. The number of carbonyl (C=O) groups is 1. The van der Waals surface area contributed by atoms with Crippen molar-refractivity contribution < 1.29 is 22.7 Å². The summed E-state index contributed by atoms with van der Waals surface area (Å²) in [4.78, 5) is 21.3. The van der Waals surface area contributed by atoms with Gasteiger partial charge in [-0.3, -0.25) is 9.69 Å². The highest BCUT2D eigenvalue weighted by atomic mass is 19.4. The van der Waals surface area contributed by atoms with E-state index in [1.807, 2.05) is 0 Å². The zero-order valence-electron chi connectivity index (χ0n) is 11.9. The third-order valence-electron chi connectivity index (χ3n) is 3.29. The van der Waals surface area contributed by atoms with E-state index < -0.39 is 6.36 Å². The van der Waals surface area contributed by atoms with Crippen LogP contribution in [0.15, 0.2) is 30.6 Å². The Balaban J connectivity index is 1.80. The van der Waals surface area contributed by atoms with E-state index in [0.717, 1.165) is 0 Å². The smallest absolute Gasteiger partial charge is 0.406 e. The van der Waals surface area contributed by atoms with Crippen molar-refractivity contribution in [2.75, 3.05) is 17.3 Å². The van der Waals surface area contributed by atoms with Gasteiger partial charge >= 0.3 is 6.36 Å². The zero-order chi connectivity index (χ0) is 16.6. The number of rotatable bonds is 3. The number of hydrogen-bond donors (Lipinski definition) is 1. The number of ether oxygens (including phenoxy) is 1. The van der Waals surface area contributed by atoms with E-state index in [-0.39, 0.29) is 18.1 Å². The van der Waals surface area contributed by atoms with Crippen LogP contribution < -0.4 is 15.0 Å². The van der Waals surface area contributed by atoms with Crippen molar-refractivity contribution in [2.45, 2.75) is 12.8 Å². The summed E-state index contributed by atoms with van der Waals surface area (Å²) in [6, 6.07) is 5.23. The maximum atomic E-state index is 12.1. The number of halogens is 3. The first kappa shape index (κ1) is 15.1. The molecule has 1 aromatic heterocycles. The lowest BCUT2D eigenvalue weighted by atomic mass is 10.2. The molecule has 2 aromatic rings. The van der Waals surface area contributed by atoms with Gasteiger partial charge in [-0.05, 0) is 24.3 Å². The van der Waals surface area contributed by atoms with Gasteiger partial charge in [0.25, 0.3) is 0 Å². The van der Waals surface area contributed by atoms with Crippen molar-refractivity contribution in [1.29, 1.82) is 0 Å². The molecule has 0 saturated carbocycles. The lowest BCUT2D eigenvalue weighted by Crippen LogP contribution is -2.21. The highest BCUT2D eigenvalue weighted by molar-refractivity contribution is 6.01. The van der Waals surface area contributed by atoms with Crippen LogP contribution in [-0.2, 0) is 11.2 Å². The van der Waals surface area contributed by atoms with Gasteiger partial charge in [-0.1, -0.05) is 0 Å². The molecule has 6 nitrogen and oxygen atoms in total. The van der Waals surface area contributed by atoms with E-state index in [1.165, 1.54) is 35.5 Å². The number of anilines is 3. The van der Waals surface area contributed by atoms with Crippen LogP contribution in [0.4, 0.5) is 30.5 Å². The van der Waals surface area contributed by atoms with Crippen LogP contribution in [0.2, 0.25) is 0 Å². The van der Waals surface area contributed by atoms with Gasteiger partial charge in [0.2, 0.25) is 5.91 Å².